The molecule has 0 spiro atoms. The molecular weight excluding hydrogens is 202 g/mol. The summed E-state index contributed by atoms with van der Waals surface area (Å²) in [4.78, 5) is 6.75. The van der Waals surface area contributed by atoms with E-state index in [-0.39, 0.29) is 6.10 Å². The average Bonchev–Trinajstić information content (AvgIpc) is 2.65. The molecule has 1 N–H and O–H groups in total. The van der Waals surface area contributed by atoms with Crippen LogP contribution in [0.2, 0.25) is 0 Å². The van der Waals surface area contributed by atoms with Gasteiger partial charge in [0.15, 0.2) is 0 Å². The summed E-state index contributed by atoms with van der Waals surface area (Å²) in [5, 5.41) is 9.53. The molecule has 0 aromatic carbocycles. The standard InChI is InChI=1S/C12H21N3O/c1-10(16)11-3-6-15(7-4-11)9-12-13-5-8-14(12)2/h5,8,10-11,16H,3-4,6-7,9H2,1-2H3. The second-order valence-corrected chi connectivity index (χ2v) is 4.81. The van der Waals surface area contributed by atoms with Crippen LogP contribution in [0.15, 0.2) is 12.4 Å². The van der Waals surface area contributed by atoms with Gasteiger partial charge in [-0.1, -0.05) is 0 Å². The van der Waals surface area contributed by atoms with Crippen molar-refractivity contribution in [3.05, 3.63) is 18.2 Å². The molecular formula is C12H21N3O. The number of aryl methyl sites for hydroxylation is 1. The Morgan fingerprint density at radius 3 is 2.69 bits per heavy atom. The van der Waals surface area contributed by atoms with Gasteiger partial charge in [-0.2, -0.15) is 0 Å². The van der Waals surface area contributed by atoms with Crippen molar-refractivity contribution in [3.63, 3.8) is 0 Å². The Morgan fingerprint density at radius 1 is 1.50 bits per heavy atom. The van der Waals surface area contributed by atoms with Crippen LogP contribution in [-0.2, 0) is 13.6 Å². The molecule has 1 aliphatic heterocycles. The maximum atomic E-state index is 9.53. The van der Waals surface area contributed by atoms with E-state index in [4.69, 9.17) is 0 Å². The lowest BCUT2D eigenvalue weighted by atomic mass is 9.92. The number of rotatable bonds is 3. The second-order valence-electron chi connectivity index (χ2n) is 4.81. The molecule has 4 heteroatoms. The van der Waals surface area contributed by atoms with E-state index in [0.29, 0.717) is 5.92 Å². The highest BCUT2D eigenvalue weighted by Crippen LogP contribution is 2.21. The van der Waals surface area contributed by atoms with Crippen molar-refractivity contribution in [2.45, 2.75) is 32.4 Å². The minimum Gasteiger partial charge on any atom is -0.393 e. The fourth-order valence-corrected chi connectivity index (χ4v) is 2.34. The average molecular weight is 223 g/mol. The molecule has 1 aromatic heterocycles. The Kier molecular flexibility index (Phi) is 3.61. The fourth-order valence-electron chi connectivity index (χ4n) is 2.34. The highest BCUT2D eigenvalue weighted by atomic mass is 16.3. The summed E-state index contributed by atoms with van der Waals surface area (Å²) in [5.74, 6) is 1.60. The van der Waals surface area contributed by atoms with Gasteiger partial charge in [0.25, 0.3) is 0 Å². The summed E-state index contributed by atoms with van der Waals surface area (Å²) in [5.41, 5.74) is 0. The third-order valence-electron chi connectivity index (χ3n) is 3.60. The molecule has 4 nitrogen and oxygen atoms in total. The highest BCUT2D eigenvalue weighted by Gasteiger charge is 2.22. The Bertz CT molecular complexity index is 327. The van der Waals surface area contributed by atoms with E-state index in [2.05, 4.69) is 14.5 Å². The minimum atomic E-state index is -0.157. The number of hydrogen-bond acceptors (Lipinski definition) is 3. The molecule has 0 saturated carbocycles. The normalized spacial score (nSPS) is 21.2. The van der Waals surface area contributed by atoms with Crippen LogP contribution >= 0.6 is 0 Å². The first-order valence-electron chi connectivity index (χ1n) is 6.03. The van der Waals surface area contributed by atoms with Crippen molar-refractivity contribution >= 4 is 0 Å². The predicted octanol–water partition coefficient (Wildman–Crippen LogP) is 1.01. The third-order valence-corrected chi connectivity index (χ3v) is 3.60. The van der Waals surface area contributed by atoms with Crippen LogP contribution in [0.25, 0.3) is 0 Å². The maximum absolute atomic E-state index is 9.53. The number of aliphatic hydroxyl groups is 1. The molecule has 16 heavy (non-hydrogen) atoms. The van der Waals surface area contributed by atoms with Crippen LogP contribution in [0.5, 0.6) is 0 Å². The lowest BCUT2D eigenvalue weighted by Crippen LogP contribution is -2.37. The van der Waals surface area contributed by atoms with Gasteiger partial charge < -0.3 is 9.67 Å². The number of piperidine rings is 1. The molecule has 1 aromatic rings. The molecule has 2 rings (SSSR count). The van der Waals surface area contributed by atoms with Crippen molar-refractivity contribution in [2.75, 3.05) is 13.1 Å². The number of nitrogens with zero attached hydrogens (tertiary/aromatic N) is 3. The van der Waals surface area contributed by atoms with E-state index in [9.17, 15) is 5.11 Å². The number of likely N-dealkylation sites (tertiary alicyclic amines) is 1. The van der Waals surface area contributed by atoms with Gasteiger partial charge in [0.1, 0.15) is 5.82 Å². The summed E-state index contributed by atoms with van der Waals surface area (Å²) in [6.07, 6.45) is 5.87. The first kappa shape index (κ1) is 11.6. The largest absolute Gasteiger partial charge is 0.393 e. The summed E-state index contributed by atoms with van der Waals surface area (Å²) in [7, 11) is 2.03. The summed E-state index contributed by atoms with van der Waals surface area (Å²) >= 11 is 0. The molecule has 1 atom stereocenters. The number of aliphatic hydroxyl groups excluding tert-OH is 1. The number of hydrogen-bond donors (Lipinski definition) is 1. The van der Waals surface area contributed by atoms with Gasteiger partial charge in [-0.25, -0.2) is 4.98 Å². The molecule has 0 radical (unpaired) electrons. The molecule has 0 amide bonds. The molecule has 0 aliphatic carbocycles. The SMILES string of the molecule is CC(O)C1CCN(Cc2nccn2C)CC1. The van der Waals surface area contributed by atoms with Crippen molar-refractivity contribution in [1.29, 1.82) is 0 Å². The Hall–Kier alpha value is -0.870. The minimum absolute atomic E-state index is 0.157. The van der Waals surface area contributed by atoms with E-state index < -0.39 is 0 Å². The van der Waals surface area contributed by atoms with Gasteiger partial charge in [-0.05, 0) is 38.8 Å². The van der Waals surface area contributed by atoms with Crippen LogP contribution in [0.4, 0.5) is 0 Å². The molecule has 1 aliphatic rings. The van der Waals surface area contributed by atoms with Gasteiger partial charge >= 0.3 is 0 Å². The van der Waals surface area contributed by atoms with Gasteiger partial charge in [0.2, 0.25) is 0 Å². The van der Waals surface area contributed by atoms with E-state index >= 15 is 0 Å². The van der Waals surface area contributed by atoms with Crippen molar-refractivity contribution < 1.29 is 5.11 Å². The smallest absolute Gasteiger partial charge is 0.122 e. The Morgan fingerprint density at radius 2 is 2.19 bits per heavy atom. The molecule has 0 bridgehead atoms. The van der Waals surface area contributed by atoms with Gasteiger partial charge in [-0.15, -0.1) is 0 Å². The van der Waals surface area contributed by atoms with E-state index in [0.717, 1.165) is 38.3 Å². The van der Waals surface area contributed by atoms with Crippen LogP contribution < -0.4 is 0 Å². The topological polar surface area (TPSA) is 41.3 Å². The van der Waals surface area contributed by atoms with Crippen LogP contribution in [0, 0.1) is 5.92 Å². The fraction of sp³-hybridized carbons (Fsp3) is 0.750. The van der Waals surface area contributed by atoms with Crippen molar-refractivity contribution in [1.82, 2.24) is 14.5 Å². The maximum Gasteiger partial charge on any atom is 0.122 e. The van der Waals surface area contributed by atoms with Crippen molar-refractivity contribution in [2.24, 2.45) is 13.0 Å². The van der Waals surface area contributed by atoms with E-state index in [1.165, 1.54) is 0 Å². The zero-order valence-corrected chi connectivity index (χ0v) is 10.1. The Labute approximate surface area is 96.9 Å². The van der Waals surface area contributed by atoms with E-state index in [1.54, 1.807) is 0 Å². The first-order chi connectivity index (χ1) is 7.66. The molecule has 2 heterocycles. The molecule has 1 fully saturated rings. The zero-order valence-electron chi connectivity index (χ0n) is 10.1. The molecule has 1 saturated heterocycles. The first-order valence-corrected chi connectivity index (χ1v) is 6.03. The van der Waals surface area contributed by atoms with Gasteiger partial charge in [0, 0.05) is 19.4 Å². The van der Waals surface area contributed by atoms with Crippen LogP contribution in [-0.4, -0.2) is 38.8 Å². The highest BCUT2D eigenvalue weighted by molar-refractivity contribution is 4.91. The van der Waals surface area contributed by atoms with Crippen LogP contribution in [0.1, 0.15) is 25.6 Å². The second kappa shape index (κ2) is 4.97. The summed E-state index contributed by atoms with van der Waals surface area (Å²) in [6, 6.07) is 0. The number of imidazole rings is 1. The Balaban J connectivity index is 1.84. The quantitative estimate of drug-likeness (QED) is 0.831. The van der Waals surface area contributed by atoms with Gasteiger partial charge in [-0.3, -0.25) is 4.90 Å². The van der Waals surface area contributed by atoms with E-state index in [1.807, 2.05) is 26.4 Å². The van der Waals surface area contributed by atoms with Gasteiger partial charge in [0.05, 0.1) is 12.6 Å². The third kappa shape index (κ3) is 2.62. The monoisotopic (exact) mass is 223 g/mol. The summed E-state index contributed by atoms with van der Waals surface area (Å²) in [6.45, 7) is 4.97. The molecule has 1 unspecified atom stereocenters. The lowest BCUT2D eigenvalue weighted by molar-refractivity contribution is 0.0684. The van der Waals surface area contributed by atoms with Crippen molar-refractivity contribution in [3.8, 4) is 0 Å². The number of aromatic nitrogens is 2. The summed E-state index contributed by atoms with van der Waals surface area (Å²) < 4.78 is 2.07. The van der Waals surface area contributed by atoms with Crippen LogP contribution in [0.3, 0.4) is 0 Å². The zero-order chi connectivity index (χ0) is 11.5. The predicted molar refractivity (Wildman–Crippen MR) is 62.9 cm³/mol. The lowest BCUT2D eigenvalue weighted by Gasteiger charge is -2.32. The molecule has 90 valence electrons.